The highest BCUT2D eigenvalue weighted by Crippen LogP contribution is 2.32. The van der Waals surface area contributed by atoms with Crippen LogP contribution in [0, 0.1) is 6.92 Å². The van der Waals surface area contributed by atoms with Crippen molar-refractivity contribution in [1.29, 1.82) is 0 Å². The zero-order valence-electron chi connectivity index (χ0n) is 18.0. The number of anilines is 1. The van der Waals surface area contributed by atoms with Gasteiger partial charge in [-0.1, -0.05) is 12.1 Å². The van der Waals surface area contributed by atoms with Gasteiger partial charge < -0.3 is 15.8 Å². The highest BCUT2D eigenvalue weighted by atomic mass is 16.5. The van der Waals surface area contributed by atoms with Crippen LogP contribution in [0.25, 0.3) is 10.9 Å². The van der Waals surface area contributed by atoms with Crippen molar-refractivity contribution >= 4 is 28.5 Å². The molecule has 3 N–H and O–H groups in total. The van der Waals surface area contributed by atoms with Crippen LogP contribution in [0.1, 0.15) is 16.8 Å². The number of carbonyl (C=O) groups is 2. The standard InChI is InChI=1S/C24H22N6O3/c1-15-3-2-4-17(9-15)28-24(32)30-8-7-16-10-18(5-6-21(16)30)33-23-19-11-29(13-22(25)31)12-20(19)26-14-27-23/h2-10,14H,11-13H2,1H3,(H2,25,31)(H,28,32). The van der Waals surface area contributed by atoms with E-state index in [0.29, 0.717) is 24.7 Å². The minimum atomic E-state index is -0.389. The van der Waals surface area contributed by atoms with Gasteiger partial charge in [0.25, 0.3) is 0 Å². The van der Waals surface area contributed by atoms with Gasteiger partial charge in [-0.15, -0.1) is 0 Å². The number of nitrogens with two attached hydrogens (primary N) is 1. The third kappa shape index (κ3) is 4.26. The molecule has 0 spiro atoms. The van der Waals surface area contributed by atoms with E-state index in [1.54, 1.807) is 16.8 Å². The first-order valence-electron chi connectivity index (χ1n) is 10.5. The molecular weight excluding hydrogens is 420 g/mol. The zero-order valence-corrected chi connectivity index (χ0v) is 18.0. The monoisotopic (exact) mass is 442 g/mol. The average Bonchev–Trinajstić information content (AvgIpc) is 3.37. The summed E-state index contributed by atoms with van der Waals surface area (Å²) in [4.78, 5) is 34.5. The second-order valence-corrected chi connectivity index (χ2v) is 8.02. The smallest absolute Gasteiger partial charge is 0.330 e. The Balaban J connectivity index is 1.35. The van der Waals surface area contributed by atoms with Crippen molar-refractivity contribution in [2.45, 2.75) is 20.0 Å². The predicted molar refractivity (Wildman–Crippen MR) is 123 cm³/mol. The SMILES string of the molecule is Cc1cccc(NC(=O)n2ccc3cc(Oc4ncnc5c4CN(CC(N)=O)C5)ccc32)c1. The Morgan fingerprint density at radius 3 is 2.82 bits per heavy atom. The summed E-state index contributed by atoms with van der Waals surface area (Å²) in [6.45, 7) is 3.14. The van der Waals surface area contributed by atoms with Gasteiger partial charge in [0.05, 0.1) is 23.3 Å². The fourth-order valence-corrected chi connectivity index (χ4v) is 4.02. The first-order valence-corrected chi connectivity index (χ1v) is 10.5. The summed E-state index contributed by atoms with van der Waals surface area (Å²) in [5, 5.41) is 3.77. The van der Waals surface area contributed by atoms with Gasteiger partial charge in [0.2, 0.25) is 11.8 Å². The lowest BCUT2D eigenvalue weighted by Crippen LogP contribution is -2.29. The molecule has 1 aliphatic rings. The number of fused-ring (bicyclic) bond motifs is 2. The lowest BCUT2D eigenvalue weighted by atomic mass is 10.2. The molecule has 2 amide bonds. The Kier molecular flexibility index (Phi) is 5.23. The maximum Gasteiger partial charge on any atom is 0.330 e. The summed E-state index contributed by atoms with van der Waals surface area (Å²) < 4.78 is 7.62. The highest BCUT2D eigenvalue weighted by molar-refractivity contribution is 5.98. The average molecular weight is 442 g/mol. The third-order valence-corrected chi connectivity index (χ3v) is 5.49. The van der Waals surface area contributed by atoms with Crippen LogP contribution in [-0.4, -0.2) is 37.9 Å². The van der Waals surface area contributed by atoms with Crippen LogP contribution >= 0.6 is 0 Å². The summed E-state index contributed by atoms with van der Waals surface area (Å²) in [5.74, 6) is 0.649. The van der Waals surface area contributed by atoms with E-state index in [9.17, 15) is 9.59 Å². The molecule has 4 aromatic rings. The molecule has 0 bridgehead atoms. The van der Waals surface area contributed by atoms with E-state index in [1.807, 2.05) is 54.3 Å². The van der Waals surface area contributed by atoms with Crippen LogP contribution in [0.4, 0.5) is 10.5 Å². The van der Waals surface area contributed by atoms with Gasteiger partial charge in [0.15, 0.2) is 0 Å². The van der Waals surface area contributed by atoms with E-state index < -0.39 is 0 Å². The molecule has 0 saturated heterocycles. The van der Waals surface area contributed by atoms with Crippen LogP contribution < -0.4 is 15.8 Å². The number of ether oxygens (including phenoxy) is 1. The molecule has 0 saturated carbocycles. The Morgan fingerprint density at radius 2 is 2.00 bits per heavy atom. The second-order valence-electron chi connectivity index (χ2n) is 8.02. The van der Waals surface area contributed by atoms with Crippen molar-refractivity contribution in [2.24, 2.45) is 5.73 Å². The van der Waals surface area contributed by atoms with Crippen LogP contribution in [0.15, 0.2) is 61.1 Å². The first kappa shape index (κ1) is 20.7. The molecule has 9 nitrogen and oxygen atoms in total. The number of aromatic nitrogens is 3. The number of primary amides is 1. The molecule has 0 atom stereocenters. The van der Waals surface area contributed by atoms with Gasteiger partial charge in [-0.3, -0.25) is 14.3 Å². The number of benzene rings is 2. The van der Waals surface area contributed by atoms with E-state index in [2.05, 4.69) is 15.3 Å². The molecule has 5 rings (SSSR count). The van der Waals surface area contributed by atoms with Crippen molar-refractivity contribution in [2.75, 3.05) is 11.9 Å². The molecule has 166 valence electrons. The largest absolute Gasteiger partial charge is 0.439 e. The minimum absolute atomic E-state index is 0.153. The van der Waals surface area contributed by atoms with Crippen LogP contribution in [0.5, 0.6) is 11.6 Å². The topological polar surface area (TPSA) is 115 Å². The Hall–Kier alpha value is -4.24. The number of hydrogen-bond donors (Lipinski definition) is 2. The molecule has 9 heteroatoms. The summed E-state index contributed by atoms with van der Waals surface area (Å²) in [6, 6.07) is 14.8. The normalized spacial score (nSPS) is 13.1. The molecule has 0 radical (unpaired) electrons. The van der Waals surface area contributed by atoms with E-state index in [-0.39, 0.29) is 18.5 Å². The highest BCUT2D eigenvalue weighted by Gasteiger charge is 2.26. The lowest BCUT2D eigenvalue weighted by molar-refractivity contribution is -0.119. The van der Waals surface area contributed by atoms with Crippen molar-refractivity contribution in [3.63, 3.8) is 0 Å². The molecule has 0 unspecified atom stereocenters. The van der Waals surface area contributed by atoms with E-state index in [4.69, 9.17) is 10.5 Å². The summed E-state index contributed by atoms with van der Waals surface area (Å²) in [7, 11) is 0. The second kappa shape index (κ2) is 8.36. The third-order valence-electron chi connectivity index (χ3n) is 5.49. The minimum Gasteiger partial charge on any atom is -0.439 e. The fraction of sp³-hybridized carbons (Fsp3) is 0.167. The summed E-state index contributed by atoms with van der Waals surface area (Å²) in [6.07, 6.45) is 3.18. The van der Waals surface area contributed by atoms with Gasteiger partial charge in [-0.2, -0.15) is 0 Å². The van der Waals surface area contributed by atoms with E-state index in [1.165, 1.54) is 6.33 Å². The number of hydrogen-bond acceptors (Lipinski definition) is 6. The zero-order chi connectivity index (χ0) is 22.9. The summed E-state index contributed by atoms with van der Waals surface area (Å²) in [5.41, 5.74) is 9.55. The molecule has 0 fully saturated rings. The molecule has 2 aromatic heterocycles. The molecule has 33 heavy (non-hydrogen) atoms. The number of amides is 2. The predicted octanol–water partition coefficient (Wildman–Crippen LogP) is 3.41. The maximum absolute atomic E-state index is 12.8. The van der Waals surface area contributed by atoms with Crippen molar-refractivity contribution in [3.8, 4) is 11.6 Å². The van der Waals surface area contributed by atoms with Crippen LogP contribution in [0.2, 0.25) is 0 Å². The van der Waals surface area contributed by atoms with Crippen LogP contribution in [0.3, 0.4) is 0 Å². The Bertz CT molecular complexity index is 1380. The Labute approximate surface area is 189 Å². The van der Waals surface area contributed by atoms with E-state index >= 15 is 0 Å². The quantitative estimate of drug-likeness (QED) is 0.489. The van der Waals surface area contributed by atoms with Gasteiger partial charge in [0.1, 0.15) is 12.1 Å². The van der Waals surface area contributed by atoms with Crippen LogP contribution in [-0.2, 0) is 17.9 Å². The van der Waals surface area contributed by atoms with Crippen molar-refractivity contribution < 1.29 is 14.3 Å². The van der Waals surface area contributed by atoms with Crippen molar-refractivity contribution in [3.05, 3.63) is 77.9 Å². The summed E-state index contributed by atoms with van der Waals surface area (Å²) >= 11 is 0. The number of carbonyl (C=O) groups excluding carboxylic acids is 2. The molecule has 0 aliphatic carbocycles. The van der Waals surface area contributed by atoms with Gasteiger partial charge >= 0.3 is 6.03 Å². The number of aryl methyl sites for hydroxylation is 1. The number of nitrogens with one attached hydrogen (secondary N) is 1. The maximum atomic E-state index is 12.8. The van der Waals surface area contributed by atoms with Gasteiger partial charge in [-0.25, -0.2) is 14.8 Å². The Morgan fingerprint density at radius 1 is 1.12 bits per heavy atom. The number of rotatable bonds is 5. The van der Waals surface area contributed by atoms with E-state index in [0.717, 1.165) is 33.4 Å². The molecular formula is C24H22N6O3. The molecule has 2 aromatic carbocycles. The number of nitrogens with zero attached hydrogens (tertiary/aromatic N) is 4. The van der Waals surface area contributed by atoms with Gasteiger partial charge in [0, 0.05) is 30.4 Å². The molecule has 3 heterocycles. The molecule has 1 aliphatic heterocycles. The first-order chi connectivity index (χ1) is 16.0. The van der Waals surface area contributed by atoms with Crippen molar-refractivity contribution in [1.82, 2.24) is 19.4 Å². The fourth-order valence-electron chi connectivity index (χ4n) is 4.02. The lowest BCUT2D eigenvalue weighted by Gasteiger charge is -2.11. The van der Waals surface area contributed by atoms with Gasteiger partial charge in [-0.05, 0) is 48.9 Å².